The number of anilines is 1. The highest BCUT2D eigenvalue weighted by Crippen LogP contribution is 2.29. The monoisotopic (exact) mass is 399 g/mol. The molecule has 0 saturated heterocycles. The third kappa shape index (κ3) is 4.41. The number of benzene rings is 2. The van der Waals surface area contributed by atoms with Gasteiger partial charge in [-0.25, -0.2) is 0 Å². The number of hydrogen-bond donors (Lipinski definition) is 1. The zero-order chi connectivity index (χ0) is 16.1. The van der Waals surface area contributed by atoms with Crippen LogP contribution in [-0.4, -0.2) is 18.3 Å². The van der Waals surface area contributed by atoms with Gasteiger partial charge in [-0.1, -0.05) is 23.7 Å². The predicted octanol–water partition coefficient (Wildman–Crippen LogP) is 5.23. The van der Waals surface area contributed by atoms with E-state index in [0.717, 1.165) is 10.6 Å². The predicted molar refractivity (Wildman–Crippen MR) is 96.1 cm³/mol. The topological polar surface area (TPSA) is 38.3 Å². The fourth-order valence-corrected chi connectivity index (χ4v) is 3.13. The molecule has 1 N–H and O–H groups in total. The van der Waals surface area contributed by atoms with Gasteiger partial charge >= 0.3 is 0 Å². The van der Waals surface area contributed by atoms with Gasteiger partial charge in [0.2, 0.25) is 0 Å². The van der Waals surface area contributed by atoms with Crippen molar-refractivity contribution in [3.05, 3.63) is 52.0 Å². The Morgan fingerprint density at radius 1 is 1.32 bits per heavy atom. The van der Waals surface area contributed by atoms with Gasteiger partial charge in [0.1, 0.15) is 5.75 Å². The lowest BCUT2D eigenvalue weighted by Crippen LogP contribution is -2.30. The van der Waals surface area contributed by atoms with Crippen molar-refractivity contribution in [3.63, 3.8) is 0 Å². The average molecular weight is 401 g/mol. The maximum atomic E-state index is 12.3. The van der Waals surface area contributed by atoms with Crippen LogP contribution >= 0.6 is 39.3 Å². The van der Waals surface area contributed by atoms with Crippen LogP contribution in [0.25, 0.3) is 0 Å². The zero-order valence-corrected chi connectivity index (χ0v) is 15.3. The Labute approximate surface area is 147 Å². The Balaban J connectivity index is 2.06. The first-order chi connectivity index (χ1) is 10.5. The molecule has 0 radical (unpaired) electrons. The van der Waals surface area contributed by atoms with E-state index in [0.29, 0.717) is 15.2 Å². The molecule has 0 bridgehead atoms. The minimum absolute atomic E-state index is 0.205. The highest BCUT2D eigenvalue weighted by Gasteiger charge is 2.17. The van der Waals surface area contributed by atoms with Crippen molar-refractivity contribution in [2.24, 2.45) is 0 Å². The van der Waals surface area contributed by atoms with Crippen molar-refractivity contribution in [1.29, 1.82) is 0 Å². The number of rotatable bonds is 5. The van der Waals surface area contributed by atoms with Gasteiger partial charge in [0.25, 0.3) is 5.91 Å². The van der Waals surface area contributed by atoms with E-state index in [1.807, 2.05) is 30.5 Å². The van der Waals surface area contributed by atoms with E-state index < -0.39 is 6.10 Å². The minimum atomic E-state index is -0.632. The summed E-state index contributed by atoms with van der Waals surface area (Å²) in [5.41, 5.74) is 0.783. The number of carbonyl (C=O) groups excluding carboxylic acids is 1. The first kappa shape index (κ1) is 17.2. The normalized spacial score (nSPS) is 11.8. The standard InChI is InChI=1S/C16H15BrClNO2S/c1-10(21-14-8-7-11(18)9-12(14)17)16(20)19-13-5-3-4-6-15(13)22-2/h3-10H,1-2H3,(H,19,20). The van der Waals surface area contributed by atoms with Crippen LogP contribution in [0.4, 0.5) is 5.69 Å². The average Bonchev–Trinajstić information content (AvgIpc) is 2.50. The lowest BCUT2D eigenvalue weighted by molar-refractivity contribution is -0.122. The number of ether oxygens (including phenoxy) is 1. The van der Waals surface area contributed by atoms with Gasteiger partial charge in [-0.15, -0.1) is 11.8 Å². The number of para-hydroxylation sites is 1. The van der Waals surface area contributed by atoms with Crippen LogP contribution in [0.15, 0.2) is 51.8 Å². The molecular weight excluding hydrogens is 386 g/mol. The molecule has 0 aliphatic heterocycles. The van der Waals surface area contributed by atoms with Crippen LogP contribution in [0.2, 0.25) is 5.02 Å². The van der Waals surface area contributed by atoms with Crippen LogP contribution in [-0.2, 0) is 4.79 Å². The summed E-state index contributed by atoms with van der Waals surface area (Å²) in [5, 5.41) is 3.49. The van der Waals surface area contributed by atoms with E-state index in [9.17, 15) is 4.79 Å². The molecule has 0 spiro atoms. The number of hydrogen-bond acceptors (Lipinski definition) is 3. The third-order valence-electron chi connectivity index (χ3n) is 2.93. The molecule has 6 heteroatoms. The van der Waals surface area contributed by atoms with Crippen molar-refractivity contribution in [2.75, 3.05) is 11.6 Å². The Morgan fingerprint density at radius 3 is 2.73 bits per heavy atom. The van der Waals surface area contributed by atoms with Gasteiger partial charge in [-0.3, -0.25) is 4.79 Å². The van der Waals surface area contributed by atoms with E-state index in [2.05, 4.69) is 21.2 Å². The van der Waals surface area contributed by atoms with Crippen LogP contribution in [0, 0.1) is 0 Å². The third-order valence-corrected chi connectivity index (χ3v) is 4.58. The molecule has 1 atom stereocenters. The molecule has 116 valence electrons. The van der Waals surface area contributed by atoms with Gasteiger partial charge in [-0.05, 0) is 59.4 Å². The van der Waals surface area contributed by atoms with Gasteiger partial charge < -0.3 is 10.1 Å². The second-order valence-corrected chi connectivity index (χ2v) is 6.66. The number of carbonyl (C=O) groups is 1. The number of nitrogens with one attached hydrogen (secondary N) is 1. The van der Waals surface area contributed by atoms with Crippen LogP contribution in [0.1, 0.15) is 6.92 Å². The van der Waals surface area contributed by atoms with Crippen LogP contribution < -0.4 is 10.1 Å². The summed E-state index contributed by atoms with van der Waals surface area (Å²) in [6, 6.07) is 12.8. The number of halogens is 2. The van der Waals surface area contributed by atoms with E-state index in [4.69, 9.17) is 16.3 Å². The van der Waals surface area contributed by atoms with Gasteiger partial charge in [0, 0.05) is 9.92 Å². The summed E-state index contributed by atoms with van der Waals surface area (Å²) < 4.78 is 6.40. The fraction of sp³-hybridized carbons (Fsp3) is 0.188. The Morgan fingerprint density at radius 2 is 2.05 bits per heavy atom. The maximum absolute atomic E-state index is 12.3. The van der Waals surface area contributed by atoms with Gasteiger partial charge in [0.15, 0.2) is 6.10 Å². The van der Waals surface area contributed by atoms with Crippen molar-refractivity contribution >= 4 is 50.9 Å². The molecule has 0 aliphatic carbocycles. The van der Waals surface area contributed by atoms with Crippen LogP contribution in [0.5, 0.6) is 5.75 Å². The molecule has 22 heavy (non-hydrogen) atoms. The minimum Gasteiger partial charge on any atom is -0.480 e. The number of thioether (sulfide) groups is 1. The summed E-state index contributed by atoms with van der Waals surface area (Å²) in [7, 11) is 0. The van der Waals surface area contributed by atoms with E-state index in [1.54, 1.807) is 36.9 Å². The molecule has 0 aromatic heterocycles. The highest BCUT2D eigenvalue weighted by atomic mass is 79.9. The first-order valence-electron chi connectivity index (χ1n) is 6.57. The molecule has 3 nitrogen and oxygen atoms in total. The van der Waals surface area contributed by atoms with Crippen LogP contribution in [0.3, 0.4) is 0 Å². The molecule has 2 rings (SSSR count). The smallest absolute Gasteiger partial charge is 0.265 e. The highest BCUT2D eigenvalue weighted by molar-refractivity contribution is 9.10. The molecular formula is C16H15BrClNO2S. The fourth-order valence-electron chi connectivity index (χ4n) is 1.80. The summed E-state index contributed by atoms with van der Waals surface area (Å²) in [5.74, 6) is 0.369. The van der Waals surface area contributed by atoms with Gasteiger partial charge in [0.05, 0.1) is 10.2 Å². The molecule has 0 saturated carbocycles. The molecule has 1 unspecified atom stereocenters. The summed E-state index contributed by atoms with van der Waals surface area (Å²) in [6.45, 7) is 1.71. The van der Waals surface area contributed by atoms with E-state index >= 15 is 0 Å². The van der Waals surface area contributed by atoms with E-state index in [1.165, 1.54) is 0 Å². The van der Waals surface area contributed by atoms with Crippen molar-refractivity contribution in [1.82, 2.24) is 0 Å². The summed E-state index contributed by atoms with van der Waals surface area (Å²) in [6.07, 6.45) is 1.34. The van der Waals surface area contributed by atoms with E-state index in [-0.39, 0.29) is 5.91 Å². The SMILES string of the molecule is CSc1ccccc1NC(=O)C(C)Oc1ccc(Cl)cc1Br. The van der Waals surface area contributed by atoms with Gasteiger partial charge in [-0.2, -0.15) is 0 Å². The molecule has 2 aromatic rings. The van der Waals surface area contributed by atoms with Crippen molar-refractivity contribution < 1.29 is 9.53 Å². The first-order valence-corrected chi connectivity index (χ1v) is 8.96. The zero-order valence-electron chi connectivity index (χ0n) is 12.1. The Hall–Kier alpha value is -1.17. The molecule has 0 aliphatic rings. The number of amides is 1. The van der Waals surface area contributed by atoms with Crippen molar-refractivity contribution in [3.8, 4) is 5.75 Å². The largest absolute Gasteiger partial charge is 0.480 e. The lowest BCUT2D eigenvalue weighted by atomic mass is 10.3. The molecule has 1 amide bonds. The second kappa shape index (κ2) is 7.90. The quantitative estimate of drug-likeness (QED) is 0.698. The summed E-state index contributed by atoms with van der Waals surface area (Å²) >= 11 is 10.8. The summed E-state index contributed by atoms with van der Waals surface area (Å²) in [4.78, 5) is 13.3. The Bertz CT molecular complexity index is 681. The maximum Gasteiger partial charge on any atom is 0.265 e. The molecule has 0 heterocycles. The lowest BCUT2D eigenvalue weighted by Gasteiger charge is -2.17. The molecule has 0 fully saturated rings. The molecule has 2 aromatic carbocycles. The van der Waals surface area contributed by atoms with Crippen molar-refractivity contribution in [2.45, 2.75) is 17.9 Å². The second-order valence-electron chi connectivity index (χ2n) is 4.52. The Kier molecular flexibility index (Phi) is 6.17.